The third-order valence-electron chi connectivity index (χ3n) is 4.57. The molecule has 2 aromatic heterocycles. The molecule has 4 rings (SSSR count). The molecule has 0 amide bonds. The van der Waals surface area contributed by atoms with Crippen LogP contribution in [0.2, 0.25) is 4.34 Å². The molecule has 0 spiro atoms. The van der Waals surface area contributed by atoms with Gasteiger partial charge in [-0.1, -0.05) is 60.8 Å². The maximum Gasteiger partial charge on any atom is 0.271 e. The summed E-state index contributed by atoms with van der Waals surface area (Å²) in [4.78, 5) is 5.58. The molecule has 4 nitrogen and oxygen atoms in total. The van der Waals surface area contributed by atoms with Crippen molar-refractivity contribution in [3.8, 4) is 0 Å². The van der Waals surface area contributed by atoms with Gasteiger partial charge >= 0.3 is 0 Å². The Morgan fingerprint density at radius 3 is 2.48 bits per heavy atom. The van der Waals surface area contributed by atoms with E-state index in [0.717, 1.165) is 41.9 Å². The molecule has 0 radical (unpaired) electrons. The number of nitrogens with zero attached hydrogens (tertiary/aromatic N) is 1. The first-order valence-electron chi connectivity index (χ1n) is 9.06. The van der Waals surface area contributed by atoms with Crippen LogP contribution in [0.3, 0.4) is 0 Å². The Hall–Kier alpha value is -2.10. The largest absolute Gasteiger partial charge is 0.278 e. The van der Waals surface area contributed by atoms with E-state index < -0.39 is 10.0 Å². The minimum Gasteiger partial charge on any atom is -0.278 e. The van der Waals surface area contributed by atoms with Crippen LogP contribution in [-0.2, 0) is 10.0 Å². The number of fused-ring (bicyclic) bond motifs is 1. The van der Waals surface area contributed by atoms with Crippen molar-refractivity contribution in [2.24, 2.45) is 0 Å². The summed E-state index contributed by atoms with van der Waals surface area (Å²) in [6.07, 6.45) is 3.35. The predicted octanol–water partition coefficient (Wildman–Crippen LogP) is 7.56. The SMILES string of the molecule is C=Cc1c(NS(=O)(=O)c2ccc(Cl)s2)cc(Sc2nc3ccccc3s2)c(C)c1C=C. The molecule has 1 N–H and O–H groups in total. The second-order valence-electron chi connectivity index (χ2n) is 6.50. The minimum absolute atomic E-state index is 0.147. The van der Waals surface area contributed by atoms with E-state index in [-0.39, 0.29) is 4.21 Å². The molecule has 2 heterocycles. The van der Waals surface area contributed by atoms with Crippen molar-refractivity contribution >= 4 is 84.1 Å². The summed E-state index contributed by atoms with van der Waals surface area (Å²) in [7, 11) is -3.79. The number of hydrogen-bond donors (Lipinski definition) is 1. The molecule has 0 aliphatic carbocycles. The average Bonchev–Trinajstić information content (AvgIpc) is 3.35. The number of sulfonamides is 1. The maximum atomic E-state index is 12.9. The van der Waals surface area contributed by atoms with Crippen LogP contribution in [0.5, 0.6) is 0 Å². The van der Waals surface area contributed by atoms with Gasteiger partial charge in [-0.2, -0.15) is 0 Å². The van der Waals surface area contributed by atoms with E-state index in [2.05, 4.69) is 22.9 Å². The van der Waals surface area contributed by atoms with Crippen molar-refractivity contribution < 1.29 is 8.42 Å². The zero-order valence-corrected chi connectivity index (χ0v) is 20.4. The number of para-hydroxylation sites is 1. The van der Waals surface area contributed by atoms with E-state index >= 15 is 0 Å². The summed E-state index contributed by atoms with van der Waals surface area (Å²) < 4.78 is 31.1. The van der Waals surface area contributed by atoms with E-state index in [1.165, 1.54) is 17.8 Å². The second-order valence-corrected chi connectivity index (χ2v) is 12.4. The van der Waals surface area contributed by atoms with E-state index in [4.69, 9.17) is 11.6 Å². The number of halogens is 1. The number of hydrogen-bond acceptors (Lipinski definition) is 6. The van der Waals surface area contributed by atoms with Crippen LogP contribution >= 0.6 is 46.0 Å². The number of anilines is 1. The smallest absolute Gasteiger partial charge is 0.271 e. The summed E-state index contributed by atoms with van der Waals surface area (Å²) in [5.74, 6) is 0. The summed E-state index contributed by atoms with van der Waals surface area (Å²) in [5.41, 5.74) is 3.85. The molecular formula is C22H17ClN2O2S4. The molecule has 4 aromatic rings. The number of aromatic nitrogens is 1. The molecule has 0 saturated carbocycles. The maximum absolute atomic E-state index is 12.9. The topological polar surface area (TPSA) is 59.1 Å². The van der Waals surface area contributed by atoms with E-state index in [9.17, 15) is 8.42 Å². The fourth-order valence-electron chi connectivity index (χ4n) is 3.10. The first kappa shape index (κ1) is 22.1. The Morgan fingerprint density at radius 2 is 1.84 bits per heavy atom. The van der Waals surface area contributed by atoms with Gasteiger partial charge in [-0.3, -0.25) is 4.72 Å². The van der Waals surface area contributed by atoms with Crippen LogP contribution in [0, 0.1) is 6.92 Å². The van der Waals surface area contributed by atoms with E-state index in [1.54, 1.807) is 29.6 Å². The molecule has 2 aromatic carbocycles. The van der Waals surface area contributed by atoms with Gasteiger partial charge in [-0.05, 0) is 48.4 Å². The molecule has 0 fully saturated rings. The van der Waals surface area contributed by atoms with Crippen molar-refractivity contribution in [1.29, 1.82) is 0 Å². The highest BCUT2D eigenvalue weighted by atomic mass is 35.5. The van der Waals surface area contributed by atoms with Gasteiger partial charge in [0.25, 0.3) is 10.0 Å². The molecule has 9 heteroatoms. The molecule has 0 aliphatic rings. The first-order valence-corrected chi connectivity index (χ1v) is 13.4. The molecule has 31 heavy (non-hydrogen) atoms. The highest BCUT2D eigenvalue weighted by Gasteiger charge is 2.21. The Labute approximate surface area is 198 Å². The van der Waals surface area contributed by atoms with Gasteiger partial charge in [-0.25, -0.2) is 13.4 Å². The summed E-state index contributed by atoms with van der Waals surface area (Å²) in [6, 6.07) is 12.8. The third kappa shape index (κ3) is 4.44. The Bertz CT molecular complexity index is 1390. The van der Waals surface area contributed by atoms with Crippen LogP contribution in [0.1, 0.15) is 16.7 Å². The zero-order valence-electron chi connectivity index (χ0n) is 16.4. The molecule has 0 bridgehead atoms. The summed E-state index contributed by atoms with van der Waals surface area (Å²) >= 11 is 10.0. The Morgan fingerprint density at radius 1 is 1.10 bits per heavy atom. The van der Waals surface area contributed by atoms with Gasteiger partial charge in [0, 0.05) is 10.5 Å². The monoisotopic (exact) mass is 504 g/mol. The van der Waals surface area contributed by atoms with Crippen molar-refractivity contribution in [1.82, 2.24) is 4.98 Å². The van der Waals surface area contributed by atoms with E-state index in [1.807, 2.05) is 37.3 Å². The number of rotatable bonds is 7. The van der Waals surface area contributed by atoms with Crippen LogP contribution in [-0.4, -0.2) is 13.4 Å². The number of thiazole rings is 1. The number of benzene rings is 2. The first-order chi connectivity index (χ1) is 14.8. The zero-order chi connectivity index (χ0) is 22.2. The lowest BCUT2D eigenvalue weighted by atomic mass is 10.00. The standard InChI is InChI=1S/C22H17ClN2O2S4/c1-4-14-13(3)19(29-22-24-16-8-6-7-9-18(16)28-22)12-17(15(14)5-2)25-31(26,27)21-11-10-20(23)30-21/h4-12,25H,1-2H2,3H3. The summed E-state index contributed by atoms with van der Waals surface area (Å²) in [6.45, 7) is 9.78. The molecule has 158 valence electrons. The number of thiophene rings is 1. The van der Waals surface area contributed by atoms with Crippen LogP contribution in [0.4, 0.5) is 5.69 Å². The van der Waals surface area contributed by atoms with Crippen LogP contribution in [0.15, 0.2) is 69.1 Å². The van der Waals surface area contributed by atoms with Gasteiger partial charge in [-0.15, -0.1) is 22.7 Å². The van der Waals surface area contributed by atoms with Gasteiger partial charge in [0.05, 0.1) is 20.2 Å². The molecule has 0 saturated heterocycles. The van der Waals surface area contributed by atoms with Gasteiger partial charge in [0.15, 0.2) is 4.34 Å². The lowest BCUT2D eigenvalue weighted by Gasteiger charge is -2.17. The van der Waals surface area contributed by atoms with Crippen molar-refractivity contribution in [2.45, 2.75) is 20.4 Å². The van der Waals surface area contributed by atoms with E-state index in [0.29, 0.717) is 15.6 Å². The fourth-order valence-corrected chi connectivity index (χ4v) is 7.82. The third-order valence-corrected chi connectivity index (χ3v) is 9.90. The normalized spacial score (nSPS) is 11.5. The van der Waals surface area contributed by atoms with Gasteiger partial charge in [0.2, 0.25) is 0 Å². The Balaban J connectivity index is 1.79. The van der Waals surface area contributed by atoms with Crippen molar-refractivity contribution in [3.05, 3.63) is 76.6 Å². The second kappa shape index (κ2) is 8.80. The number of nitrogens with one attached hydrogen (secondary N) is 1. The van der Waals surface area contributed by atoms with Crippen molar-refractivity contribution in [2.75, 3.05) is 4.72 Å². The fraction of sp³-hybridized carbons (Fsp3) is 0.0455. The molecule has 0 atom stereocenters. The van der Waals surface area contributed by atoms with Gasteiger partial charge < -0.3 is 0 Å². The molecular weight excluding hydrogens is 488 g/mol. The van der Waals surface area contributed by atoms with Crippen molar-refractivity contribution in [3.63, 3.8) is 0 Å². The predicted molar refractivity (Wildman–Crippen MR) is 135 cm³/mol. The lowest BCUT2D eigenvalue weighted by molar-refractivity contribution is 0.603. The van der Waals surface area contributed by atoms with Crippen LogP contribution in [0.25, 0.3) is 22.4 Å². The highest BCUT2D eigenvalue weighted by molar-refractivity contribution is 8.01. The molecule has 0 unspecified atom stereocenters. The minimum atomic E-state index is -3.79. The quantitative estimate of drug-likeness (QED) is 0.282. The average molecular weight is 505 g/mol. The van der Waals surface area contributed by atoms with Gasteiger partial charge in [0.1, 0.15) is 4.21 Å². The lowest BCUT2D eigenvalue weighted by Crippen LogP contribution is -2.13. The molecule has 0 aliphatic heterocycles. The summed E-state index contributed by atoms with van der Waals surface area (Å²) in [5, 5.41) is 0. The van der Waals surface area contributed by atoms with Crippen LogP contribution < -0.4 is 4.72 Å². The highest BCUT2D eigenvalue weighted by Crippen LogP contribution is 2.41. The Kier molecular flexibility index (Phi) is 6.27.